The lowest BCUT2D eigenvalue weighted by atomic mass is 10.1. The summed E-state index contributed by atoms with van der Waals surface area (Å²) in [5, 5.41) is 7.38. The zero-order valence-electron chi connectivity index (χ0n) is 13.2. The molecule has 1 aromatic carbocycles. The molecule has 0 spiro atoms. The van der Waals surface area contributed by atoms with Crippen molar-refractivity contribution < 1.29 is 4.42 Å². The zero-order chi connectivity index (χ0) is 15.9. The molecule has 0 saturated heterocycles. The van der Waals surface area contributed by atoms with E-state index in [1.807, 2.05) is 44.2 Å². The first-order chi connectivity index (χ1) is 10.6. The van der Waals surface area contributed by atoms with Crippen LogP contribution < -0.4 is 10.6 Å². The largest absolute Gasteiger partial charge is 0.466 e. The summed E-state index contributed by atoms with van der Waals surface area (Å²) in [7, 11) is 1.76. The SMILES string of the molecule is CN=C(NCCc1ccccc1Cl)NCc1cc(C)oc1C. The minimum atomic E-state index is 0.689. The quantitative estimate of drug-likeness (QED) is 0.655. The van der Waals surface area contributed by atoms with E-state index in [0.717, 1.165) is 46.6 Å². The van der Waals surface area contributed by atoms with Crippen molar-refractivity contribution in [2.75, 3.05) is 13.6 Å². The van der Waals surface area contributed by atoms with Crippen LogP contribution in [0.25, 0.3) is 0 Å². The molecule has 118 valence electrons. The van der Waals surface area contributed by atoms with Crippen LogP contribution in [0.4, 0.5) is 0 Å². The normalized spacial score (nSPS) is 11.5. The van der Waals surface area contributed by atoms with E-state index in [0.29, 0.717) is 6.54 Å². The van der Waals surface area contributed by atoms with Crippen LogP contribution in [0.1, 0.15) is 22.6 Å². The van der Waals surface area contributed by atoms with Gasteiger partial charge in [0.1, 0.15) is 11.5 Å². The fraction of sp³-hybridized carbons (Fsp3) is 0.353. The minimum absolute atomic E-state index is 0.689. The lowest BCUT2D eigenvalue weighted by Gasteiger charge is -2.12. The van der Waals surface area contributed by atoms with Gasteiger partial charge in [-0.1, -0.05) is 29.8 Å². The number of rotatable bonds is 5. The van der Waals surface area contributed by atoms with Gasteiger partial charge in [0.05, 0.1) is 0 Å². The monoisotopic (exact) mass is 319 g/mol. The molecule has 0 saturated carbocycles. The molecular weight excluding hydrogens is 298 g/mol. The number of furan rings is 1. The van der Waals surface area contributed by atoms with Gasteiger partial charge in [0.25, 0.3) is 0 Å². The molecule has 0 aliphatic carbocycles. The van der Waals surface area contributed by atoms with E-state index >= 15 is 0 Å². The first-order valence-corrected chi connectivity index (χ1v) is 7.71. The van der Waals surface area contributed by atoms with E-state index < -0.39 is 0 Å². The number of aliphatic imine (C=N–C) groups is 1. The predicted octanol–water partition coefficient (Wildman–Crippen LogP) is 3.46. The van der Waals surface area contributed by atoms with E-state index in [-0.39, 0.29) is 0 Å². The number of guanidine groups is 1. The molecular formula is C17H22ClN3O. The standard InChI is InChI=1S/C17H22ClN3O/c1-12-10-15(13(2)22-12)11-21-17(19-3)20-9-8-14-6-4-5-7-16(14)18/h4-7,10H,8-9,11H2,1-3H3,(H2,19,20,21). The summed E-state index contributed by atoms with van der Waals surface area (Å²) >= 11 is 6.15. The smallest absolute Gasteiger partial charge is 0.191 e. The highest BCUT2D eigenvalue weighted by molar-refractivity contribution is 6.31. The molecule has 0 bridgehead atoms. The van der Waals surface area contributed by atoms with E-state index in [4.69, 9.17) is 16.0 Å². The van der Waals surface area contributed by atoms with Crippen LogP contribution in [-0.2, 0) is 13.0 Å². The molecule has 1 heterocycles. The molecule has 2 rings (SSSR count). The maximum absolute atomic E-state index is 6.15. The average molecular weight is 320 g/mol. The van der Waals surface area contributed by atoms with Gasteiger partial charge in [-0.3, -0.25) is 4.99 Å². The van der Waals surface area contributed by atoms with Crippen LogP contribution in [-0.4, -0.2) is 19.6 Å². The number of hydrogen-bond donors (Lipinski definition) is 2. The second kappa shape index (κ2) is 7.90. The second-order valence-corrected chi connectivity index (χ2v) is 5.54. The van der Waals surface area contributed by atoms with Crippen molar-refractivity contribution in [1.29, 1.82) is 0 Å². The van der Waals surface area contributed by atoms with Crippen molar-refractivity contribution in [3.63, 3.8) is 0 Å². The third-order valence-electron chi connectivity index (χ3n) is 3.46. The summed E-state index contributed by atoms with van der Waals surface area (Å²) in [6, 6.07) is 9.93. The summed E-state index contributed by atoms with van der Waals surface area (Å²) in [4.78, 5) is 4.22. The molecule has 0 unspecified atom stereocenters. The first kappa shape index (κ1) is 16.4. The molecule has 0 aliphatic heterocycles. The average Bonchev–Trinajstić information content (AvgIpc) is 2.82. The van der Waals surface area contributed by atoms with Crippen LogP contribution in [0.5, 0.6) is 0 Å². The summed E-state index contributed by atoms with van der Waals surface area (Å²) in [6.07, 6.45) is 0.851. The Hall–Kier alpha value is -1.94. The Balaban J connectivity index is 1.81. The van der Waals surface area contributed by atoms with Gasteiger partial charge in [0, 0.05) is 30.7 Å². The van der Waals surface area contributed by atoms with Crippen molar-refractivity contribution in [3.05, 3.63) is 58.0 Å². The third kappa shape index (κ3) is 4.53. The van der Waals surface area contributed by atoms with E-state index in [9.17, 15) is 0 Å². The molecule has 0 aliphatic rings. The molecule has 1 aromatic heterocycles. The van der Waals surface area contributed by atoms with Gasteiger partial charge in [-0.15, -0.1) is 0 Å². The highest BCUT2D eigenvalue weighted by Gasteiger charge is 2.06. The highest BCUT2D eigenvalue weighted by atomic mass is 35.5. The highest BCUT2D eigenvalue weighted by Crippen LogP contribution is 2.15. The van der Waals surface area contributed by atoms with E-state index in [1.165, 1.54) is 0 Å². The van der Waals surface area contributed by atoms with Gasteiger partial charge in [0.15, 0.2) is 5.96 Å². The molecule has 2 N–H and O–H groups in total. The van der Waals surface area contributed by atoms with Crippen LogP contribution in [0, 0.1) is 13.8 Å². The van der Waals surface area contributed by atoms with Gasteiger partial charge in [-0.2, -0.15) is 0 Å². The van der Waals surface area contributed by atoms with Gasteiger partial charge in [-0.25, -0.2) is 0 Å². The Kier molecular flexibility index (Phi) is 5.90. The molecule has 5 heteroatoms. The lowest BCUT2D eigenvalue weighted by molar-refractivity contribution is 0.500. The molecule has 0 atom stereocenters. The van der Waals surface area contributed by atoms with Crippen molar-refractivity contribution in [1.82, 2.24) is 10.6 Å². The fourth-order valence-electron chi connectivity index (χ4n) is 2.28. The van der Waals surface area contributed by atoms with Gasteiger partial charge >= 0.3 is 0 Å². The summed E-state index contributed by atoms with van der Waals surface area (Å²) < 4.78 is 5.52. The maximum Gasteiger partial charge on any atom is 0.191 e. The summed E-state index contributed by atoms with van der Waals surface area (Å²) in [6.45, 7) is 5.38. The number of benzene rings is 1. The van der Waals surface area contributed by atoms with E-state index in [2.05, 4.69) is 15.6 Å². The minimum Gasteiger partial charge on any atom is -0.466 e. The topological polar surface area (TPSA) is 49.6 Å². The molecule has 0 fully saturated rings. The predicted molar refractivity (Wildman–Crippen MR) is 91.5 cm³/mol. The molecule has 2 aromatic rings. The Bertz CT molecular complexity index is 649. The van der Waals surface area contributed by atoms with Crippen LogP contribution in [0.2, 0.25) is 5.02 Å². The fourth-order valence-corrected chi connectivity index (χ4v) is 2.51. The molecule has 0 amide bonds. The number of nitrogens with zero attached hydrogens (tertiary/aromatic N) is 1. The van der Waals surface area contributed by atoms with Gasteiger partial charge in [-0.05, 0) is 38.0 Å². The summed E-state index contributed by atoms with van der Waals surface area (Å²) in [5.74, 6) is 2.64. The van der Waals surface area contributed by atoms with Crippen LogP contribution in [0.3, 0.4) is 0 Å². The Morgan fingerprint density at radius 1 is 1.18 bits per heavy atom. The Labute approximate surface area is 136 Å². The van der Waals surface area contributed by atoms with Crippen LogP contribution in [0.15, 0.2) is 39.7 Å². The Morgan fingerprint density at radius 2 is 1.95 bits per heavy atom. The second-order valence-electron chi connectivity index (χ2n) is 5.13. The maximum atomic E-state index is 6.15. The van der Waals surface area contributed by atoms with Crippen molar-refractivity contribution in [2.45, 2.75) is 26.8 Å². The van der Waals surface area contributed by atoms with Crippen molar-refractivity contribution in [2.24, 2.45) is 4.99 Å². The number of aryl methyl sites for hydroxylation is 2. The van der Waals surface area contributed by atoms with E-state index in [1.54, 1.807) is 7.05 Å². The van der Waals surface area contributed by atoms with Crippen molar-refractivity contribution >= 4 is 17.6 Å². The number of halogens is 1. The number of nitrogens with one attached hydrogen (secondary N) is 2. The molecule has 22 heavy (non-hydrogen) atoms. The van der Waals surface area contributed by atoms with Crippen molar-refractivity contribution in [3.8, 4) is 0 Å². The Morgan fingerprint density at radius 3 is 2.59 bits per heavy atom. The van der Waals surface area contributed by atoms with Gasteiger partial charge in [0.2, 0.25) is 0 Å². The van der Waals surface area contributed by atoms with Gasteiger partial charge < -0.3 is 15.1 Å². The summed E-state index contributed by atoms with van der Waals surface area (Å²) in [5.41, 5.74) is 2.28. The first-order valence-electron chi connectivity index (χ1n) is 7.34. The zero-order valence-corrected chi connectivity index (χ0v) is 14.0. The lowest BCUT2D eigenvalue weighted by Crippen LogP contribution is -2.37. The van der Waals surface area contributed by atoms with Crippen LogP contribution >= 0.6 is 11.6 Å². The molecule has 0 radical (unpaired) electrons. The third-order valence-corrected chi connectivity index (χ3v) is 3.83. The molecule has 4 nitrogen and oxygen atoms in total. The number of hydrogen-bond acceptors (Lipinski definition) is 2.